The number of nitrogens with one attached hydrogen (secondary N) is 1. The second kappa shape index (κ2) is 8.94. The average Bonchev–Trinajstić information content (AvgIpc) is 3.03. The molecule has 0 unspecified atom stereocenters. The predicted octanol–water partition coefficient (Wildman–Crippen LogP) is 5.35. The summed E-state index contributed by atoms with van der Waals surface area (Å²) in [7, 11) is 0. The van der Waals surface area contributed by atoms with Gasteiger partial charge in [-0.2, -0.15) is 0 Å². The van der Waals surface area contributed by atoms with Crippen molar-refractivity contribution in [2.24, 2.45) is 0 Å². The molecule has 0 fully saturated rings. The maximum atomic E-state index is 14.0. The smallest absolute Gasteiger partial charge is 0.165 e. The molecule has 1 N–H and O–H groups in total. The number of pyridine rings is 1. The molecule has 3 heterocycles. The highest BCUT2D eigenvalue weighted by molar-refractivity contribution is 5.95. The number of rotatable bonds is 7. The van der Waals surface area contributed by atoms with E-state index in [1.54, 1.807) is 12.4 Å². The summed E-state index contributed by atoms with van der Waals surface area (Å²) in [6.45, 7) is 5.79. The first-order valence-electron chi connectivity index (χ1n) is 10.5. The molecule has 0 bridgehead atoms. The van der Waals surface area contributed by atoms with Crippen molar-refractivity contribution >= 4 is 16.7 Å². The monoisotopic (exact) mass is 434 g/mol. The zero-order valence-corrected chi connectivity index (χ0v) is 18.3. The standard InChI is InChI=1S/C25H24F2N4O/c1-14-7-15(2)30-19(8-14)11-24-28-12-17(13-29-24)23(32)6-4-5-20-16(3)31-25-21(20)9-18(26)10-22(25)27/h7-10,12-13,31H,4-6,11H2,1-3H3. The summed E-state index contributed by atoms with van der Waals surface area (Å²) in [4.78, 5) is 28.7. The molecule has 3 aromatic heterocycles. The van der Waals surface area contributed by atoms with Crippen LogP contribution in [-0.2, 0) is 12.8 Å². The number of nitrogens with zero attached hydrogens (tertiary/aromatic N) is 3. The van der Waals surface area contributed by atoms with E-state index in [1.165, 1.54) is 6.07 Å². The van der Waals surface area contributed by atoms with E-state index in [0.717, 1.165) is 34.3 Å². The lowest BCUT2D eigenvalue weighted by atomic mass is 10.0. The van der Waals surface area contributed by atoms with Crippen LogP contribution in [0.2, 0.25) is 0 Å². The van der Waals surface area contributed by atoms with E-state index in [-0.39, 0.29) is 5.78 Å². The molecule has 164 valence electrons. The third-order valence-corrected chi connectivity index (χ3v) is 5.49. The molecule has 0 radical (unpaired) electrons. The van der Waals surface area contributed by atoms with Crippen molar-refractivity contribution < 1.29 is 13.6 Å². The minimum absolute atomic E-state index is 0.0593. The van der Waals surface area contributed by atoms with Gasteiger partial charge >= 0.3 is 0 Å². The first kappa shape index (κ1) is 21.7. The number of fused-ring (bicyclic) bond motifs is 1. The molecular weight excluding hydrogens is 410 g/mol. The lowest BCUT2D eigenvalue weighted by Crippen LogP contribution is -2.05. The Morgan fingerprint density at radius 1 is 1.03 bits per heavy atom. The van der Waals surface area contributed by atoms with E-state index in [2.05, 4.69) is 19.9 Å². The largest absolute Gasteiger partial charge is 0.356 e. The van der Waals surface area contributed by atoms with Gasteiger partial charge in [0.05, 0.1) is 17.5 Å². The fourth-order valence-corrected chi connectivity index (χ4v) is 4.06. The van der Waals surface area contributed by atoms with E-state index in [9.17, 15) is 13.6 Å². The van der Waals surface area contributed by atoms with Gasteiger partial charge in [-0.25, -0.2) is 18.7 Å². The number of aryl methyl sites for hydroxylation is 4. The van der Waals surface area contributed by atoms with E-state index in [1.807, 2.05) is 32.9 Å². The molecule has 5 nitrogen and oxygen atoms in total. The summed E-state index contributed by atoms with van der Waals surface area (Å²) in [6, 6.07) is 6.21. The lowest BCUT2D eigenvalue weighted by molar-refractivity contribution is 0.0979. The second-order valence-corrected chi connectivity index (χ2v) is 8.16. The fraction of sp³-hybridized carbons (Fsp3) is 0.280. The van der Waals surface area contributed by atoms with Gasteiger partial charge in [0.2, 0.25) is 0 Å². The summed E-state index contributed by atoms with van der Waals surface area (Å²) in [5, 5.41) is 0.528. The summed E-state index contributed by atoms with van der Waals surface area (Å²) in [5.74, 6) is -0.674. The van der Waals surface area contributed by atoms with Gasteiger partial charge in [-0.15, -0.1) is 0 Å². The number of carbonyl (C=O) groups excluding carboxylic acids is 1. The van der Waals surface area contributed by atoms with Crippen molar-refractivity contribution in [3.05, 3.63) is 87.9 Å². The van der Waals surface area contributed by atoms with Gasteiger partial charge < -0.3 is 4.98 Å². The van der Waals surface area contributed by atoms with Crippen LogP contribution >= 0.6 is 0 Å². The molecule has 0 amide bonds. The Morgan fingerprint density at radius 3 is 2.50 bits per heavy atom. The summed E-state index contributed by atoms with van der Waals surface area (Å²) in [6.07, 6.45) is 5.00. The Labute approximate surface area is 185 Å². The van der Waals surface area contributed by atoms with Crippen LogP contribution < -0.4 is 0 Å². The number of Topliss-reactive ketones (excluding diaryl/α,β-unsaturated/α-hetero) is 1. The molecule has 4 rings (SSSR count). The number of benzene rings is 1. The first-order chi connectivity index (χ1) is 15.3. The SMILES string of the molecule is Cc1cc(C)nc(Cc2ncc(C(=O)CCCc3c(C)[nH]c4c(F)cc(F)cc34)cn2)c1. The predicted molar refractivity (Wildman–Crippen MR) is 119 cm³/mol. The number of H-pyrrole nitrogens is 1. The molecule has 7 heteroatoms. The highest BCUT2D eigenvalue weighted by Crippen LogP contribution is 2.27. The minimum Gasteiger partial charge on any atom is -0.356 e. The molecular formula is C25H24F2N4O. The van der Waals surface area contributed by atoms with Gasteiger partial charge in [0.1, 0.15) is 17.5 Å². The van der Waals surface area contributed by atoms with Crippen LogP contribution in [0.25, 0.3) is 10.9 Å². The van der Waals surface area contributed by atoms with Crippen LogP contribution in [-0.4, -0.2) is 25.7 Å². The molecule has 1 aromatic carbocycles. The van der Waals surface area contributed by atoms with Crippen LogP contribution in [0.4, 0.5) is 8.78 Å². The van der Waals surface area contributed by atoms with E-state index in [0.29, 0.717) is 48.0 Å². The first-order valence-corrected chi connectivity index (χ1v) is 10.5. The third-order valence-electron chi connectivity index (χ3n) is 5.49. The van der Waals surface area contributed by atoms with E-state index < -0.39 is 11.6 Å². The summed E-state index contributed by atoms with van der Waals surface area (Å²) in [5.41, 5.74) is 5.34. The number of carbonyl (C=O) groups is 1. The van der Waals surface area contributed by atoms with Crippen LogP contribution in [0.5, 0.6) is 0 Å². The van der Waals surface area contributed by atoms with Crippen molar-refractivity contribution in [3.63, 3.8) is 0 Å². The molecule has 0 saturated carbocycles. The molecule has 0 saturated heterocycles. The van der Waals surface area contributed by atoms with Crippen LogP contribution in [0.15, 0.2) is 36.7 Å². The maximum absolute atomic E-state index is 14.0. The van der Waals surface area contributed by atoms with Gasteiger partial charge in [0.15, 0.2) is 5.78 Å². The maximum Gasteiger partial charge on any atom is 0.165 e. The Kier molecular flexibility index (Phi) is 6.08. The number of aromatic amines is 1. The fourth-order valence-electron chi connectivity index (χ4n) is 4.06. The molecule has 0 aliphatic carbocycles. The molecule has 0 aliphatic rings. The number of hydrogen-bond acceptors (Lipinski definition) is 4. The van der Waals surface area contributed by atoms with Crippen LogP contribution in [0.3, 0.4) is 0 Å². The zero-order chi connectivity index (χ0) is 22.8. The summed E-state index contributed by atoms with van der Waals surface area (Å²) >= 11 is 0. The van der Waals surface area contributed by atoms with Gasteiger partial charge in [-0.3, -0.25) is 9.78 Å². The van der Waals surface area contributed by atoms with Crippen LogP contribution in [0.1, 0.15) is 57.2 Å². The lowest BCUT2D eigenvalue weighted by Gasteiger charge is -2.05. The molecule has 0 atom stereocenters. The van der Waals surface area contributed by atoms with Gasteiger partial charge in [0, 0.05) is 47.3 Å². The Balaban J connectivity index is 1.39. The molecule has 0 spiro atoms. The van der Waals surface area contributed by atoms with E-state index in [4.69, 9.17) is 0 Å². The third kappa shape index (κ3) is 4.72. The minimum atomic E-state index is -0.612. The van der Waals surface area contributed by atoms with Crippen molar-refractivity contribution in [3.8, 4) is 0 Å². The quantitative estimate of drug-likeness (QED) is 0.398. The second-order valence-electron chi connectivity index (χ2n) is 8.16. The van der Waals surface area contributed by atoms with Gasteiger partial charge in [-0.1, -0.05) is 0 Å². The Bertz CT molecular complexity index is 1280. The Morgan fingerprint density at radius 2 is 1.78 bits per heavy atom. The number of halogens is 2. The average molecular weight is 434 g/mol. The normalized spacial score (nSPS) is 11.3. The zero-order valence-electron chi connectivity index (χ0n) is 18.3. The highest BCUT2D eigenvalue weighted by atomic mass is 19.1. The highest BCUT2D eigenvalue weighted by Gasteiger charge is 2.15. The topological polar surface area (TPSA) is 71.5 Å². The van der Waals surface area contributed by atoms with Gasteiger partial charge in [-0.05, 0) is 62.9 Å². The number of hydrogen-bond donors (Lipinski definition) is 1. The van der Waals surface area contributed by atoms with E-state index >= 15 is 0 Å². The van der Waals surface area contributed by atoms with Crippen molar-refractivity contribution in [2.45, 2.75) is 46.5 Å². The van der Waals surface area contributed by atoms with Crippen molar-refractivity contribution in [1.29, 1.82) is 0 Å². The number of aromatic nitrogens is 4. The molecule has 4 aromatic rings. The molecule has 32 heavy (non-hydrogen) atoms. The summed E-state index contributed by atoms with van der Waals surface area (Å²) < 4.78 is 27.6. The van der Waals surface area contributed by atoms with Crippen molar-refractivity contribution in [2.75, 3.05) is 0 Å². The van der Waals surface area contributed by atoms with Gasteiger partial charge in [0.25, 0.3) is 0 Å². The number of ketones is 1. The van der Waals surface area contributed by atoms with Crippen molar-refractivity contribution in [1.82, 2.24) is 19.9 Å². The Hall–Kier alpha value is -3.48. The molecule has 0 aliphatic heterocycles. The van der Waals surface area contributed by atoms with Crippen LogP contribution in [0, 0.1) is 32.4 Å².